The molecule has 3 aromatic rings. The highest BCUT2D eigenvalue weighted by molar-refractivity contribution is 9.10. The molecule has 0 saturated carbocycles. The summed E-state index contributed by atoms with van der Waals surface area (Å²) in [5.41, 5.74) is 3.41. The molecule has 0 aliphatic carbocycles. The van der Waals surface area contributed by atoms with Crippen LogP contribution >= 0.6 is 39.3 Å². The Balaban J connectivity index is 1.68. The first-order valence-electron chi connectivity index (χ1n) is 10.5. The molecule has 2 aromatic carbocycles. The normalized spacial score (nSPS) is 11.7. The molecule has 178 valence electrons. The number of carbonyl (C=O) groups is 2. The molecule has 0 bridgehead atoms. The summed E-state index contributed by atoms with van der Waals surface area (Å²) in [6.07, 6.45) is 1.72. The maximum absolute atomic E-state index is 12.6. The second kappa shape index (κ2) is 11.7. The number of thioether (sulfide) groups is 1. The van der Waals surface area contributed by atoms with Gasteiger partial charge < -0.3 is 15.2 Å². The highest BCUT2D eigenvalue weighted by Crippen LogP contribution is 2.27. The van der Waals surface area contributed by atoms with Gasteiger partial charge in [0.05, 0.1) is 17.5 Å². The number of benzene rings is 2. The predicted molar refractivity (Wildman–Crippen MR) is 141 cm³/mol. The quantitative estimate of drug-likeness (QED) is 0.257. The zero-order valence-corrected chi connectivity index (χ0v) is 22.2. The molecule has 1 aromatic heterocycles. The van der Waals surface area contributed by atoms with Crippen molar-refractivity contribution in [2.45, 2.75) is 38.5 Å². The first-order valence-corrected chi connectivity index (χ1v) is 12.6. The molecule has 10 heteroatoms. The molecule has 0 saturated heterocycles. The number of anilines is 1. The fourth-order valence-electron chi connectivity index (χ4n) is 3.20. The third-order valence-corrected chi connectivity index (χ3v) is 6.93. The van der Waals surface area contributed by atoms with Gasteiger partial charge in [-0.25, -0.2) is 0 Å². The van der Waals surface area contributed by atoms with E-state index in [1.165, 1.54) is 11.8 Å². The van der Waals surface area contributed by atoms with Crippen molar-refractivity contribution in [3.8, 4) is 0 Å². The van der Waals surface area contributed by atoms with Gasteiger partial charge in [0.15, 0.2) is 11.0 Å². The smallest absolute Gasteiger partial charge is 0.251 e. The van der Waals surface area contributed by atoms with Crippen LogP contribution in [-0.4, -0.2) is 32.3 Å². The Labute approximate surface area is 216 Å². The monoisotopic (exact) mass is 561 g/mol. The van der Waals surface area contributed by atoms with Gasteiger partial charge in [-0.1, -0.05) is 35.5 Å². The average Bonchev–Trinajstić information content (AvgIpc) is 3.19. The van der Waals surface area contributed by atoms with Crippen LogP contribution in [0.4, 0.5) is 5.69 Å². The number of halogens is 2. The van der Waals surface area contributed by atoms with E-state index in [1.54, 1.807) is 30.3 Å². The molecule has 0 aliphatic heterocycles. The van der Waals surface area contributed by atoms with Gasteiger partial charge in [0.2, 0.25) is 5.91 Å². The summed E-state index contributed by atoms with van der Waals surface area (Å²) >= 11 is 10.8. The van der Waals surface area contributed by atoms with E-state index in [4.69, 9.17) is 11.6 Å². The summed E-state index contributed by atoms with van der Waals surface area (Å²) in [4.78, 5) is 25.2. The zero-order chi connectivity index (χ0) is 24.8. The van der Waals surface area contributed by atoms with Crippen LogP contribution in [0.3, 0.4) is 0 Å². The van der Waals surface area contributed by atoms with Gasteiger partial charge in [-0.2, -0.15) is 0 Å². The standard InChI is InChI=1S/C24H25BrClN5O2S/c1-5-9-31-22(16(4)27-23(33)17-7-6-8-18(26)12-17)29-30-24(31)34-13-21(32)28-20-11-15(3)14(2)10-19(20)25/h5-8,10-12,16H,1,9,13H2,2-4H3,(H,27,33)(H,28,32). The number of hydrogen-bond donors (Lipinski definition) is 2. The van der Waals surface area contributed by atoms with E-state index in [0.29, 0.717) is 28.1 Å². The number of carbonyl (C=O) groups excluding carboxylic acids is 2. The minimum absolute atomic E-state index is 0.151. The molecule has 2 amide bonds. The minimum Gasteiger partial charge on any atom is -0.342 e. The molecule has 7 nitrogen and oxygen atoms in total. The van der Waals surface area contributed by atoms with Gasteiger partial charge in [0, 0.05) is 21.6 Å². The number of aryl methyl sites for hydroxylation is 2. The highest BCUT2D eigenvalue weighted by Gasteiger charge is 2.21. The molecular formula is C24H25BrClN5O2S. The summed E-state index contributed by atoms with van der Waals surface area (Å²) < 4.78 is 2.66. The van der Waals surface area contributed by atoms with Gasteiger partial charge in [0.1, 0.15) is 0 Å². The SMILES string of the molecule is C=CCn1c(SCC(=O)Nc2cc(C)c(C)cc2Br)nnc1C(C)NC(=O)c1cccc(Cl)c1. The lowest BCUT2D eigenvalue weighted by Gasteiger charge is -2.15. The van der Waals surface area contributed by atoms with Crippen molar-refractivity contribution in [2.24, 2.45) is 0 Å². The first kappa shape index (κ1) is 26.0. The van der Waals surface area contributed by atoms with E-state index in [2.05, 4.69) is 43.3 Å². The van der Waals surface area contributed by atoms with Crippen LogP contribution in [0, 0.1) is 13.8 Å². The van der Waals surface area contributed by atoms with Gasteiger partial charge in [-0.05, 0) is 78.2 Å². The topological polar surface area (TPSA) is 88.9 Å². The molecule has 1 atom stereocenters. The number of rotatable bonds is 9. The summed E-state index contributed by atoms with van der Waals surface area (Å²) in [7, 11) is 0. The van der Waals surface area contributed by atoms with Crippen LogP contribution in [0.1, 0.15) is 40.3 Å². The molecule has 0 radical (unpaired) electrons. The number of hydrogen-bond acceptors (Lipinski definition) is 5. The maximum Gasteiger partial charge on any atom is 0.251 e. The first-order chi connectivity index (χ1) is 16.2. The van der Waals surface area contributed by atoms with E-state index in [1.807, 2.05) is 37.5 Å². The average molecular weight is 563 g/mol. The molecule has 0 aliphatic rings. The van der Waals surface area contributed by atoms with Crippen LogP contribution < -0.4 is 10.6 Å². The van der Waals surface area contributed by atoms with Crippen molar-refractivity contribution in [1.29, 1.82) is 0 Å². The van der Waals surface area contributed by atoms with Crippen molar-refractivity contribution in [1.82, 2.24) is 20.1 Å². The lowest BCUT2D eigenvalue weighted by atomic mass is 10.1. The summed E-state index contributed by atoms with van der Waals surface area (Å²) in [5, 5.41) is 15.4. The van der Waals surface area contributed by atoms with E-state index in [0.717, 1.165) is 21.3 Å². The number of nitrogens with one attached hydrogen (secondary N) is 2. The Kier molecular flexibility index (Phi) is 8.93. The van der Waals surface area contributed by atoms with Gasteiger partial charge in [-0.3, -0.25) is 9.59 Å². The Morgan fingerprint density at radius 1 is 1.24 bits per heavy atom. The molecule has 34 heavy (non-hydrogen) atoms. The highest BCUT2D eigenvalue weighted by atomic mass is 79.9. The van der Waals surface area contributed by atoms with Gasteiger partial charge in [0.25, 0.3) is 5.91 Å². The summed E-state index contributed by atoms with van der Waals surface area (Å²) in [6.45, 7) is 10.1. The largest absolute Gasteiger partial charge is 0.342 e. The van der Waals surface area contributed by atoms with Crippen LogP contribution in [0.5, 0.6) is 0 Å². The molecule has 1 heterocycles. The minimum atomic E-state index is -0.423. The molecule has 0 spiro atoms. The van der Waals surface area contributed by atoms with E-state index < -0.39 is 6.04 Å². The van der Waals surface area contributed by atoms with Crippen LogP contribution in [-0.2, 0) is 11.3 Å². The zero-order valence-electron chi connectivity index (χ0n) is 19.1. The predicted octanol–water partition coefficient (Wildman–Crippen LogP) is 5.72. The Hall–Kier alpha value is -2.62. The van der Waals surface area contributed by atoms with Crippen molar-refractivity contribution >= 4 is 56.8 Å². The second-order valence-electron chi connectivity index (χ2n) is 7.70. The maximum atomic E-state index is 12.6. The third kappa shape index (κ3) is 6.49. The number of amides is 2. The van der Waals surface area contributed by atoms with Crippen molar-refractivity contribution in [2.75, 3.05) is 11.1 Å². The van der Waals surface area contributed by atoms with E-state index >= 15 is 0 Å². The number of allylic oxidation sites excluding steroid dienone is 1. The van der Waals surface area contributed by atoms with Crippen LogP contribution in [0.2, 0.25) is 5.02 Å². The molecule has 1 unspecified atom stereocenters. The Bertz CT molecular complexity index is 1230. The van der Waals surface area contributed by atoms with E-state index in [9.17, 15) is 9.59 Å². The molecule has 3 rings (SSSR count). The molecular weight excluding hydrogens is 538 g/mol. The number of nitrogens with zero attached hydrogens (tertiary/aromatic N) is 3. The van der Waals surface area contributed by atoms with Crippen LogP contribution in [0.15, 0.2) is 58.7 Å². The van der Waals surface area contributed by atoms with Gasteiger partial charge in [-0.15, -0.1) is 16.8 Å². The van der Waals surface area contributed by atoms with Crippen LogP contribution in [0.25, 0.3) is 0 Å². The van der Waals surface area contributed by atoms with Crippen molar-refractivity contribution in [3.63, 3.8) is 0 Å². The lowest BCUT2D eigenvalue weighted by molar-refractivity contribution is -0.113. The summed E-state index contributed by atoms with van der Waals surface area (Å²) in [6, 6.07) is 10.2. The summed E-state index contributed by atoms with van der Waals surface area (Å²) in [5.74, 6) is 0.287. The Morgan fingerprint density at radius 3 is 2.68 bits per heavy atom. The molecule has 0 fully saturated rings. The third-order valence-electron chi connectivity index (χ3n) is 5.07. The second-order valence-corrected chi connectivity index (χ2v) is 9.93. The lowest BCUT2D eigenvalue weighted by Crippen LogP contribution is -2.28. The Morgan fingerprint density at radius 2 is 1.97 bits per heavy atom. The van der Waals surface area contributed by atoms with E-state index in [-0.39, 0.29) is 17.6 Å². The van der Waals surface area contributed by atoms with Crippen molar-refractivity contribution in [3.05, 3.63) is 81.1 Å². The van der Waals surface area contributed by atoms with Gasteiger partial charge >= 0.3 is 0 Å². The van der Waals surface area contributed by atoms with Crippen molar-refractivity contribution < 1.29 is 9.59 Å². The number of aromatic nitrogens is 3. The fraction of sp³-hybridized carbons (Fsp3) is 0.250. The fourth-order valence-corrected chi connectivity index (χ4v) is 4.70. The molecule has 2 N–H and O–H groups in total.